The highest BCUT2D eigenvalue weighted by Gasteiger charge is 2.30. The maximum Gasteiger partial charge on any atom is 0.226 e. The van der Waals surface area contributed by atoms with Gasteiger partial charge in [0.05, 0.1) is 0 Å². The summed E-state index contributed by atoms with van der Waals surface area (Å²) in [7, 11) is 1.70. The molecule has 20 heavy (non-hydrogen) atoms. The lowest BCUT2D eigenvalue weighted by atomic mass is 9.88. The Labute approximate surface area is 121 Å². The molecule has 0 spiro atoms. The van der Waals surface area contributed by atoms with E-state index in [1.807, 2.05) is 0 Å². The Morgan fingerprint density at radius 3 is 2.65 bits per heavy atom. The molecule has 2 rings (SSSR count). The van der Waals surface area contributed by atoms with Crippen LogP contribution in [0.3, 0.4) is 0 Å². The van der Waals surface area contributed by atoms with Crippen LogP contribution in [-0.4, -0.2) is 30.3 Å². The van der Waals surface area contributed by atoms with Crippen LogP contribution in [0.2, 0.25) is 0 Å². The number of hydrogen-bond acceptors (Lipinski definition) is 5. The van der Waals surface area contributed by atoms with Gasteiger partial charge in [0, 0.05) is 13.5 Å². The zero-order valence-corrected chi connectivity index (χ0v) is 13.1. The van der Waals surface area contributed by atoms with Gasteiger partial charge in [-0.1, -0.05) is 25.9 Å². The molecule has 0 amide bonds. The Kier molecular flexibility index (Phi) is 5.16. The van der Waals surface area contributed by atoms with Crippen molar-refractivity contribution < 1.29 is 9.26 Å². The Hall–Kier alpha value is -0.940. The Morgan fingerprint density at radius 2 is 2.05 bits per heavy atom. The molecule has 5 heteroatoms. The van der Waals surface area contributed by atoms with Crippen LogP contribution in [0.1, 0.15) is 57.9 Å². The standard InChI is InChI=1S/C15H27N3O2/c1-15(2,3)13(19-4)14-17-12(20-18-14)6-5-11-7-9-16-10-8-11/h11,13,16H,5-10H2,1-4H3. The highest BCUT2D eigenvalue weighted by Crippen LogP contribution is 2.33. The van der Waals surface area contributed by atoms with Crippen molar-refractivity contribution in [1.29, 1.82) is 0 Å². The third-order valence-corrected chi connectivity index (χ3v) is 3.97. The normalized spacial score (nSPS) is 19.2. The molecule has 1 atom stereocenters. The number of aryl methyl sites for hydroxylation is 1. The minimum absolute atomic E-state index is 0.0368. The van der Waals surface area contributed by atoms with Crippen LogP contribution in [0.5, 0.6) is 0 Å². The van der Waals surface area contributed by atoms with Crippen LogP contribution in [-0.2, 0) is 11.2 Å². The summed E-state index contributed by atoms with van der Waals surface area (Å²) >= 11 is 0. The van der Waals surface area contributed by atoms with Gasteiger partial charge in [0.1, 0.15) is 6.10 Å². The maximum absolute atomic E-state index is 5.52. The Bertz CT molecular complexity index is 405. The van der Waals surface area contributed by atoms with Gasteiger partial charge in [-0.05, 0) is 43.7 Å². The number of methoxy groups -OCH3 is 1. The molecule has 1 aromatic rings. The predicted molar refractivity (Wildman–Crippen MR) is 77.4 cm³/mol. The molecule has 1 N–H and O–H groups in total. The zero-order chi connectivity index (χ0) is 14.6. The molecule has 114 valence electrons. The molecule has 0 aliphatic carbocycles. The van der Waals surface area contributed by atoms with E-state index >= 15 is 0 Å². The quantitative estimate of drug-likeness (QED) is 0.899. The van der Waals surface area contributed by atoms with E-state index in [0.29, 0.717) is 5.82 Å². The van der Waals surface area contributed by atoms with Crippen molar-refractivity contribution in [3.05, 3.63) is 11.7 Å². The Balaban J connectivity index is 1.91. The number of hydrogen-bond donors (Lipinski definition) is 1. The second-order valence-electron chi connectivity index (χ2n) is 6.76. The lowest BCUT2D eigenvalue weighted by Crippen LogP contribution is -2.27. The molecule has 1 unspecified atom stereocenters. The summed E-state index contributed by atoms with van der Waals surface area (Å²) in [6, 6.07) is 0. The van der Waals surface area contributed by atoms with Gasteiger partial charge in [-0.15, -0.1) is 0 Å². The van der Waals surface area contributed by atoms with E-state index in [1.165, 1.54) is 12.8 Å². The third-order valence-electron chi connectivity index (χ3n) is 3.97. The first-order valence-electron chi connectivity index (χ1n) is 7.56. The van der Waals surface area contributed by atoms with Gasteiger partial charge >= 0.3 is 0 Å². The summed E-state index contributed by atoms with van der Waals surface area (Å²) in [6.07, 6.45) is 4.39. The van der Waals surface area contributed by atoms with Gasteiger partial charge in [0.25, 0.3) is 0 Å². The average Bonchev–Trinajstić information content (AvgIpc) is 2.85. The van der Waals surface area contributed by atoms with Gasteiger partial charge in [-0.2, -0.15) is 4.98 Å². The van der Waals surface area contributed by atoms with Crippen LogP contribution in [0, 0.1) is 11.3 Å². The molecule has 1 aliphatic heterocycles. The van der Waals surface area contributed by atoms with Gasteiger partial charge in [0.2, 0.25) is 11.7 Å². The SMILES string of the molecule is COC(c1noc(CCC2CCNCC2)n1)C(C)(C)C. The van der Waals surface area contributed by atoms with Crippen molar-refractivity contribution in [3.8, 4) is 0 Å². The van der Waals surface area contributed by atoms with Crippen LogP contribution in [0.25, 0.3) is 0 Å². The summed E-state index contributed by atoms with van der Waals surface area (Å²) in [5.74, 6) is 2.19. The van der Waals surface area contributed by atoms with E-state index in [-0.39, 0.29) is 11.5 Å². The van der Waals surface area contributed by atoms with Crippen LogP contribution in [0.4, 0.5) is 0 Å². The van der Waals surface area contributed by atoms with Crippen LogP contribution in [0.15, 0.2) is 4.52 Å². The van der Waals surface area contributed by atoms with Crippen molar-refractivity contribution in [2.75, 3.05) is 20.2 Å². The number of aromatic nitrogens is 2. The molecule has 0 aromatic carbocycles. The van der Waals surface area contributed by atoms with E-state index in [9.17, 15) is 0 Å². The second-order valence-corrected chi connectivity index (χ2v) is 6.76. The summed E-state index contributed by atoms with van der Waals surface area (Å²) in [4.78, 5) is 4.51. The first-order chi connectivity index (χ1) is 9.50. The van der Waals surface area contributed by atoms with E-state index in [2.05, 4.69) is 36.2 Å². The molecular weight excluding hydrogens is 254 g/mol. The average molecular weight is 281 g/mol. The van der Waals surface area contributed by atoms with E-state index in [4.69, 9.17) is 9.26 Å². The smallest absolute Gasteiger partial charge is 0.226 e. The summed E-state index contributed by atoms with van der Waals surface area (Å²) in [6.45, 7) is 8.62. The predicted octanol–water partition coefficient (Wildman–Crippen LogP) is 2.74. The number of piperidine rings is 1. The molecule has 0 saturated carbocycles. The Morgan fingerprint density at radius 1 is 1.35 bits per heavy atom. The number of nitrogens with one attached hydrogen (secondary N) is 1. The van der Waals surface area contributed by atoms with Crippen molar-refractivity contribution in [2.45, 2.75) is 52.6 Å². The fourth-order valence-electron chi connectivity index (χ4n) is 2.82. The molecule has 1 aromatic heterocycles. The minimum atomic E-state index is -0.126. The van der Waals surface area contributed by atoms with Crippen molar-refractivity contribution in [3.63, 3.8) is 0 Å². The van der Waals surface area contributed by atoms with Crippen molar-refractivity contribution in [1.82, 2.24) is 15.5 Å². The lowest BCUT2D eigenvalue weighted by molar-refractivity contribution is 0.00718. The monoisotopic (exact) mass is 281 g/mol. The zero-order valence-electron chi connectivity index (χ0n) is 13.1. The summed E-state index contributed by atoms with van der Waals surface area (Å²) in [5.41, 5.74) is -0.0368. The van der Waals surface area contributed by atoms with Gasteiger partial charge < -0.3 is 14.6 Å². The van der Waals surface area contributed by atoms with E-state index in [0.717, 1.165) is 37.7 Å². The van der Waals surface area contributed by atoms with Crippen LogP contribution >= 0.6 is 0 Å². The third kappa shape index (κ3) is 4.03. The number of ether oxygens (including phenoxy) is 1. The molecular formula is C15H27N3O2. The second kappa shape index (κ2) is 6.68. The first-order valence-corrected chi connectivity index (χ1v) is 7.56. The van der Waals surface area contributed by atoms with Gasteiger partial charge in [-0.25, -0.2) is 0 Å². The molecule has 1 fully saturated rings. The number of rotatable bonds is 5. The van der Waals surface area contributed by atoms with Gasteiger partial charge in [0.15, 0.2) is 0 Å². The van der Waals surface area contributed by atoms with E-state index in [1.54, 1.807) is 7.11 Å². The molecule has 5 nitrogen and oxygen atoms in total. The van der Waals surface area contributed by atoms with Crippen LogP contribution < -0.4 is 5.32 Å². The largest absolute Gasteiger partial charge is 0.373 e. The molecule has 1 aliphatic rings. The highest BCUT2D eigenvalue weighted by atomic mass is 16.5. The topological polar surface area (TPSA) is 60.2 Å². The molecule has 2 heterocycles. The fraction of sp³-hybridized carbons (Fsp3) is 0.867. The molecule has 1 saturated heterocycles. The highest BCUT2D eigenvalue weighted by molar-refractivity contribution is 4.96. The molecule has 0 radical (unpaired) electrons. The van der Waals surface area contributed by atoms with Crippen molar-refractivity contribution in [2.24, 2.45) is 11.3 Å². The first kappa shape index (κ1) is 15.4. The fourth-order valence-corrected chi connectivity index (χ4v) is 2.82. The van der Waals surface area contributed by atoms with Crippen molar-refractivity contribution >= 4 is 0 Å². The van der Waals surface area contributed by atoms with Gasteiger partial charge in [-0.3, -0.25) is 0 Å². The minimum Gasteiger partial charge on any atom is -0.373 e. The number of nitrogens with zero attached hydrogens (tertiary/aromatic N) is 2. The molecule has 0 bridgehead atoms. The maximum atomic E-state index is 5.52. The lowest BCUT2D eigenvalue weighted by Gasteiger charge is -2.26. The van der Waals surface area contributed by atoms with E-state index < -0.39 is 0 Å². The summed E-state index contributed by atoms with van der Waals surface area (Å²) < 4.78 is 10.9. The summed E-state index contributed by atoms with van der Waals surface area (Å²) in [5, 5.41) is 7.48.